The van der Waals surface area contributed by atoms with Crippen LogP contribution in [0.2, 0.25) is 0 Å². The number of rotatable bonds is 5. The summed E-state index contributed by atoms with van der Waals surface area (Å²) < 4.78 is 23.9. The standard InChI is InChI=1S/C22H27N6O4P/c1-18-22(27-9-3-2-4-21(27)23-18)33(25-10-14-31-15-11-25,26-12-16-32-17-13-26)24-19-5-7-20(8-6-19)28(29)30/h2-9H,10-17H2,1H3. The van der Waals surface area contributed by atoms with Crippen molar-refractivity contribution >= 4 is 29.8 Å². The third kappa shape index (κ3) is 4.09. The van der Waals surface area contributed by atoms with Crippen LogP contribution in [-0.4, -0.2) is 76.3 Å². The number of benzene rings is 1. The number of nitro benzene ring substituents is 1. The molecule has 0 atom stereocenters. The summed E-state index contributed by atoms with van der Waals surface area (Å²) in [6.45, 7) is 7.60. The minimum atomic E-state index is -2.53. The van der Waals surface area contributed by atoms with E-state index >= 15 is 0 Å². The summed E-state index contributed by atoms with van der Waals surface area (Å²) in [6, 6.07) is 12.5. The summed E-state index contributed by atoms with van der Waals surface area (Å²) in [5.74, 6) is 0. The molecule has 0 spiro atoms. The summed E-state index contributed by atoms with van der Waals surface area (Å²) >= 11 is 0. The second-order valence-electron chi connectivity index (χ2n) is 8.02. The number of ether oxygens (including phenoxy) is 2. The molecule has 33 heavy (non-hydrogen) atoms. The highest BCUT2D eigenvalue weighted by Crippen LogP contribution is 2.58. The van der Waals surface area contributed by atoms with Gasteiger partial charge in [0.2, 0.25) is 0 Å². The fourth-order valence-electron chi connectivity index (χ4n) is 4.55. The van der Waals surface area contributed by atoms with Crippen LogP contribution < -0.4 is 5.44 Å². The third-order valence-corrected chi connectivity index (χ3v) is 10.0. The summed E-state index contributed by atoms with van der Waals surface area (Å²) in [6.07, 6.45) is 2.05. The maximum atomic E-state index is 11.2. The zero-order chi connectivity index (χ0) is 22.8. The van der Waals surface area contributed by atoms with Crippen molar-refractivity contribution < 1.29 is 14.4 Å². The van der Waals surface area contributed by atoms with E-state index in [-0.39, 0.29) is 10.6 Å². The molecule has 2 aromatic heterocycles. The average molecular weight is 470 g/mol. The van der Waals surface area contributed by atoms with E-state index in [0.717, 1.165) is 48.6 Å². The van der Waals surface area contributed by atoms with Crippen LogP contribution >= 0.6 is 7.36 Å². The normalized spacial score (nSPS) is 18.5. The van der Waals surface area contributed by atoms with Crippen molar-refractivity contribution in [1.29, 1.82) is 0 Å². The lowest BCUT2D eigenvalue weighted by atomic mass is 10.3. The molecule has 0 amide bonds. The SMILES string of the molecule is Cc1nc2ccccn2c1P(=Nc1ccc([N+](=O)[O-])cc1)(N1CCOCC1)N1CCOCC1. The van der Waals surface area contributed by atoms with Gasteiger partial charge < -0.3 is 9.47 Å². The predicted molar refractivity (Wildman–Crippen MR) is 126 cm³/mol. The molecule has 0 bridgehead atoms. The molecule has 174 valence electrons. The summed E-state index contributed by atoms with van der Waals surface area (Å²) in [5, 5.41) is 11.2. The smallest absolute Gasteiger partial charge is 0.269 e. The molecule has 11 heteroatoms. The van der Waals surface area contributed by atoms with Gasteiger partial charge in [0.05, 0.1) is 42.7 Å². The van der Waals surface area contributed by atoms with Gasteiger partial charge in [-0.3, -0.25) is 14.5 Å². The van der Waals surface area contributed by atoms with Crippen molar-refractivity contribution in [2.45, 2.75) is 6.92 Å². The van der Waals surface area contributed by atoms with E-state index in [9.17, 15) is 10.1 Å². The number of aromatic nitrogens is 2. The molecule has 2 aliphatic heterocycles. The van der Waals surface area contributed by atoms with Crippen LogP contribution in [-0.2, 0) is 9.47 Å². The number of aryl methyl sites for hydroxylation is 1. The Morgan fingerprint density at radius 3 is 2.15 bits per heavy atom. The van der Waals surface area contributed by atoms with Gasteiger partial charge in [0, 0.05) is 44.5 Å². The third-order valence-electron chi connectivity index (χ3n) is 6.04. The molecular weight excluding hydrogens is 443 g/mol. The molecule has 2 aliphatic rings. The fraction of sp³-hybridized carbons (Fsp3) is 0.409. The van der Waals surface area contributed by atoms with Crippen LogP contribution in [0, 0.1) is 17.0 Å². The number of hydrogen-bond acceptors (Lipinski definition) is 6. The first kappa shape index (κ1) is 22.2. The first-order valence-electron chi connectivity index (χ1n) is 11.1. The lowest BCUT2D eigenvalue weighted by Gasteiger charge is -2.46. The minimum Gasteiger partial charge on any atom is -0.379 e. The monoisotopic (exact) mass is 470 g/mol. The molecule has 0 aliphatic carbocycles. The van der Waals surface area contributed by atoms with Gasteiger partial charge in [0.15, 0.2) is 7.36 Å². The van der Waals surface area contributed by atoms with E-state index in [1.165, 1.54) is 12.1 Å². The maximum absolute atomic E-state index is 11.2. The Hall–Kier alpha value is -2.62. The molecule has 0 unspecified atom stereocenters. The minimum absolute atomic E-state index is 0.0570. The van der Waals surface area contributed by atoms with Crippen LogP contribution in [0.5, 0.6) is 0 Å². The van der Waals surface area contributed by atoms with E-state index in [4.69, 9.17) is 19.2 Å². The largest absolute Gasteiger partial charge is 0.379 e. The number of non-ortho nitro benzene ring substituents is 1. The molecule has 2 saturated heterocycles. The maximum Gasteiger partial charge on any atom is 0.269 e. The highest BCUT2D eigenvalue weighted by atomic mass is 31.2. The van der Waals surface area contributed by atoms with E-state index < -0.39 is 7.36 Å². The molecule has 0 radical (unpaired) electrons. The summed E-state index contributed by atoms with van der Waals surface area (Å²) in [7, 11) is -2.53. The molecule has 10 nitrogen and oxygen atoms in total. The number of imidazole rings is 1. The van der Waals surface area contributed by atoms with E-state index in [2.05, 4.69) is 13.7 Å². The van der Waals surface area contributed by atoms with Gasteiger partial charge in [0.25, 0.3) is 5.69 Å². The molecule has 3 aromatic rings. The second kappa shape index (κ2) is 9.32. The fourth-order valence-corrected chi connectivity index (χ4v) is 8.63. The number of nitrogens with zero attached hydrogens (tertiary/aromatic N) is 6. The number of pyridine rings is 1. The average Bonchev–Trinajstić information content (AvgIpc) is 3.20. The quantitative estimate of drug-likeness (QED) is 0.321. The van der Waals surface area contributed by atoms with Gasteiger partial charge in [0.1, 0.15) is 11.1 Å². The van der Waals surface area contributed by atoms with Gasteiger partial charge in [-0.2, -0.15) is 0 Å². The Morgan fingerprint density at radius 1 is 0.970 bits per heavy atom. The molecule has 1 aromatic carbocycles. The molecular formula is C22H27N6O4P. The van der Waals surface area contributed by atoms with Crippen LogP contribution in [0.15, 0.2) is 53.4 Å². The van der Waals surface area contributed by atoms with Gasteiger partial charge in [-0.1, -0.05) is 6.07 Å². The van der Waals surface area contributed by atoms with Crippen LogP contribution in [0.25, 0.3) is 5.65 Å². The van der Waals surface area contributed by atoms with E-state index in [1.54, 1.807) is 12.1 Å². The van der Waals surface area contributed by atoms with Gasteiger partial charge in [-0.25, -0.2) is 19.1 Å². The Morgan fingerprint density at radius 2 is 1.58 bits per heavy atom. The Balaban J connectivity index is 1.80. The lowest BCUT2D eigenvalue weighted by Crippen LogP contribution is -2.47. The van der Waals surface area contributed by atoms with E-state index in [1.807, 2.05) is 31.3 Å². The van der Waals surface area contributed by atoms with Crippen molar-refractivity contribution in [3.63, 3.8) is 0 Å². The zero-order valence-corrected chi connectivity index (χ0v) is 19.4. The predicted octanol–water partition coefficient (Wildman–Crippen LogP) is 3.20. The van der Waals surface area contributed by atoms with Crippen LogP contribution in [0.1, 0.15) is 5.69 Å². The Labute approximate surface area is 192 Å². The van der Waals surface area contributed by atoms with Crippen LogP contribution in [0.4, 0.5) is 11.4 Å². The first-order chi connectivity index (χ1) is 16.1. The zero-order valence-electron chi connectivity index (χ0n) is 18.5. The Bertz CT molecular complexity index is 1180. The number of fused-ring (bicyclic) bond motifs is 1. The van der Waals surface area contributed by atoms with Crippen molar-refractivity contribution in [2.75, 3.05) is 52.6 Å². The summed E-state index contributed by atoms with van der Waals surface area (Å²) in [4.78, 5) is 15.7. The van der Waals surface area contributed by atoms with Crippen molar-refractivity contribution in [1.82, 2.24) is 18.7 Å². The van der Waals surface area contributed by atoms with Gasteiger partial charge in [-0.05, 0) is 31.2 Å². The molecule has 5 rings (SSSR count). The second-order valence-corrected chi connectivity index (χ2v) is 10.9. The van der Waals surface area contributed by atoms with E-state index in [0.29, 0.717) is 26.4 Å². The van der Waals surface area contributed by atoms with Gasteiger partial charge >= 0.3 is 0 Å². The van der Waals surface area contributed by atoms with Crippen molar-refractivity contribution in [3.05, 3.63) is 64.5 Å². The van der Waals surface area contributed by atoms with Crippen molar-refractivity contribution in [2.24, 2.45) is 4.74 Å². The molecule has 4 heterocycles. The number of hydrogen-bond donors (Lipinski definition) is 0. The van der Waals surface area contributed by atoms with Crippen molar-refractivity contribution in [3.8, 4) is 0 Å². The van der Waals surface area contributed by atoms with Crippen LogP contribution in [0.3, 0.4) is 0 Å². The topological polar surface area (TPSA) is 97.7 Å². The molecule has 2 fully saturated rings. The number of nitro groups is 1. The first-order valence-corrected chi connectivity index (χ1v) is 12.7. The van der Waals surface area contributed by atoms with Gasteiger partial charge in [-0.15, -0.1) is 0 Å². The number of morpholine rings is 2. The highest BCUT2D eigenvalue weighted by Gasteiger charge is 2.41. The lowest BCUT2D eigenvalue weighted by molar-refractivity contribution is -0.384. The highest BCUT2D eigenvalue weighted by molar-refractivity contribution is 7.69. The summed E-state index contributed by atoms with van der Waals surface area (Å²) in [5.41, 5.74) is 3.69. The molecule has 0 N–H and O–H groups in total. The Kier molecular flexibility index (Phi) is 6.27. The molecule has 0 saturated carbocycles.